The number of aliphatic carboxylic acids is 1. The first-order chi connectivity index (χ1) is 10.7. The molecule has 0 unspecified atom stereocenters. The van der Waals surface area contributed by atoms with E-state index in [1.807, 2.05) is 12.4 Å². The molecule has 0 amide bonds. The second-order valence-corrected chi connectivity index (χ2v) is 6.24. The van der Waals surface area contributed by atoms with E-state index in [1.165, 1.54) is 63.6 Å². The van der Waals surface area contributed by atoms with Crippen LogP contribution in [0, 0.1) is 0 Å². The van der Waals surface area contributed by atoms with Crippen LogP contribution in [-0.2, 0) is 18.3 Å². The van der Waals surface area contributed by atoms with Crippen molar-refractivity contribution in [3.8, 4) is 0 Å². The smallest absolute Gasteiger partial charge is 0.303 e. The Labute approximate surface area is 135 Å². The lowest BCUT2D eigenvalue weighted by Gasteiger charge is -2.03. The zero-order chi connectivity index (χ0) is 16.0. The number of rotatable bonds is 14. The van der Waals surface area contributed by atoms with Gasteiger partial charge < -0.3 is 9.67 Å². The van der Waals surface area contributed by atoms with Gasteiger partial charge in [-0.3, -0.25) is 4.79 Å². The van der Waals surface area contributed by atoms with Gasteiger partial charge in [0.05, 0.1) is 0 Å². The maximum Gasteiger partial charge on any atom is 0.303 e. The molecule has 126 valence electrons. The van der Waals surface area contributed by atoms with Crippen molar-refractivity contribution in [1.29, 1.82) is 0 Å². The van der Waals surface area contributed by atoms with Crippen molar-refractivity contribution < 1.29 is 9.90 Å². The van der Waals surface area contributed by atoms with Crippen LogP contribution in [0.15, 0.2) is 12.4 Å². The van der Waals surface area contributed by atoms with E-state index in [-0.39, 0.29) is 0 Å². The first-order valence-corrected chi connectivity index (χ1v) is 8.88. The minimum absolute atomic E-state index is 0.332. The van der Waals surface area contributed by atoms with E-state index in [2.05, 4.69) is 16.6 Å². The normalized spacial score (nSPS) is 11.0. The summed E-state index contributed by atoms with van der Waals surface area (Å²) >= 11 is 0. The SMILES string of the molecule is Cn1ccnc1CCCCCCCCCCCCCC(=O)O. The van der Waals surface area contributed by atoms with Gasteiger partial charge in [-0.05, 0) is 12.8 Å². The maximum atomic E-state index is 10.4. The minimum atomic E-state index is -0.664. The number of hydrogen-bond donors (Lipinski definition) is 1. The number of nitrogens with zero attached hydrogens (tertiary/aromatic N) is 2. The second-order valence-electron chi connectivity index (χ2n) is 6.24. The summed E-state index contributed by atoms with van der Waals surface area (Å²) in [5, 5.41) is 8.54. The molecule has 0 saturated heterocycles. The lowest BCUT2D eigenvalue weighted by Crippen LogP contribution is -1.97. The number of aromatic nitrogens is 2. The molecule has 4 nitrogen and oxygen atoms in total. The van der Waals surface area contributed by atoms with Crippen LogP contribution in [0.4, 0.5) is 0 Å². The lowest BCUT2D eigenvalue weighted by molar-refractivity contribution is -0.137. The van der Waals surface area contributed by atoms with Gasteiger partial charge in [-0.25, -0.2) is 4.98 Å². The third-order valence-corrected chi connectivity index (χ3v) is 4.21. The van der Waals surface area contributed by atoms with E-state index in [4.69, 9.17) is 5.11 Å². The Kier molecular flexibility index (Phi) is 10.4. The predicted octanol–water partition coefficient (Wildman–Crippen LogP) is 4.73. The monoisotopic (exact) mass is 308 g/mol. The molecule has 0 aromatic carbocycles. The van der Waals surface area contributed by atoms with E-state index in [9.17, 15) is 4.79 Å². The van der Waals surface area contributed by atoms with Gasteiger partial charge in [-0.1, -0.05) is 57.8 Å². The van der Waals surface area contributed by atoms with Crippen molar-refractivity contribution in [3.05, 3.63) is 18.2 Å². The van der Waals surface area contributed by atoms with Gasteiger partial charge in [0.2, 0.25) is 0 Å². The number of carboxylic acid groups (broad SMARTS) is 1. The van der Waals surface area contributed by atoms with Crippen LogP contribution in [0.2, 0.25) is 0 Å². The third-order valence-electron chi connectivity index (χ3n) is 4.21. The summed E-state index contributed by atoms with van der Waals surface area (Å²) in [7, 11) is 2.06. The number of unbranched alkanes of at least 4 members (excludes halogenated alkanes) is 10. The van der Waals surface area contributed by atoms with Crippen molar-refractivity contribution in [3.63, 3.8) is 0 Å². The first kappa shape index (κ1) is 18.7. The van der Waals surface area contributed by atoms with Crippen LogP contribution in [0.1, 0.15) is 82.9 Å². The Hall–Kier alpha value is -1.32. The Morgan fingerprint density at radius 2 is 1.45 bits per heavy atom. The molecule has 0 aliphatic carbocycles. The largest absolute Gasteiger partial charge is 0.481 e. The summed E-state index contributed by atoms with van der Waals surface area (Å²) in [6.45, 7) is 0. The molecule has 22 heavy (non-hydrogen) atoms. The van der Waals surface area contributed by atoms with Crippen molar-refractivity contribution in [2.45, 2.75) is 83.5 Å². The fraction of sp³-hybridized carbons (Fsp3) is 0.778. The van der Waals surface area contributed by atoms with Gasteiger partial charge in [0.25, 0.3) is 0 Å². The van der Waals surface area contributed by atoms with Crippen molar-refractivity contribution in [1.82, 2.24) is 9.55 Å². The quantitative estimate of drug-likeness (QED) is 0.506. The molecule has 0 aliphatic heterocycles. The molecule has 0 saturated carbocycles. The second kappa shape index (κ2) is 12.2. The summed E-state index contributed by atoms with van der Waals surface area (Å²) in [6, 6.07) is 0. The summed E-state index contributed by atoms with van der Waals surface area (Å²) in [4.78, 5) is 14.7. The number of carbonyl (C=O) groups is 1. The average Bonchev–Trinajstić information content (AvgIpc) is 2.89. The summed E-state index contributed by atoms with van der Waals surface area (Å²) in [5.41, 5.74) is 0. The molecule has 4 heteroatoms. The van der Waals surface area contributed by atoms with Crippen LogP contribution in [0.25, 0.3) is 0 Å². The van der Waals surface area contributed by atoms with Crippen molar-refractivity contribution in [2.24, 2.45) is 7.05 Å². The van der Waals surface area contributed by atoms with E-state index < -0.39 is 5.97 Å². The fourth-order valence-electron chi connectivity index (χ4n) is 2.79. The molecule has 1 aromatic heterocycles. The molecular weight excluding hydrogens is 276 g/mol. The molecule has 0 aliphatic rings. The van der Waals surface area contributed by atoms with Crippen LogP contribution in [0.3, 0.4) is 0 Å². The zero-order valence-corrected chi connectivity index (χ0v) is 14.1. The van der Waals surface area contributed by atoms with Crippen LogP contribution < -0.4 is 0 Å². The van der Waals surface area contributed by atoms with Crippen LogP contribution in [0.5, 0.6) is 0 Å². The molecule has 0 bridgehead atoms. The van der Waals surface area contributed by atoms with Gasteiger partial charge in [-0.2, -0.15) is 0 Å². The van der Waals surface area contributed by atoms with Gasteiger partial charge in [0, 0.05) is 32.3 Å². The molecule has 0 radical (unpaired) electrons. The number of imidazole rings is 1. The van der Waals surface area contributed by atoms with Crippen LogP contribution in [-0.4, -0.2) is 20.6 Å². The number of hydrogen-bond acceptors (Lipinski definition) is 2. The highest BCUT2D eigenvalue weighted by molar-refractivity contribution is 5.66. The van der Waals surface area contributed by atoms with Gasteiger partial charge in [0.15, 0.2) is 0 Å². The molecule has 0 fully saturated rings. The van der Waals surface area contributed by atoms with Crippen molar-refractivity contribution >= 4 is 5.97 Å². The van der Waals surface area contributed by atoms with Gasteiger partial charge in [0.1, 0.15) is 5.82 Å². The molecule has 1 heterocycles. The lowest BCUT2D eigenvalue weighted by atomic mass is 10.0. The predicted molar refractivity (Wildman–Crippen MR) is 90.0 cm³/mol. The Morgan fingerprint density at radius 1 is 0.955 bits per heavy atom. The molecular formula is C18H32N2O2. The van der Waals surface area contributed by atoms with E-state index >= 15 is 0 Å². The van der Waals surface area contributed by atoms with Crippen LogP contribution >= 0.6 is 0 Å². The van der Waals surface area contributed by atoms with Gasteiger partial charge >= 0.3 is 5.97 Å². The highest BCUT2D eigenvalue weighted by Gasteiger charge is 1.99. The molecule has 1 N–H and O–H groups in total. The zero-order valence-electron chi connectivity index (χ0n) is 14.1. The molecule has 0 atom stereocenters. The van der Waals surface area contributed by atoms with E-state index in [0.717, 1.165) is 19.3 Å². The summed E-state index contributed by atoms with van der Waals surface area (Å²) in [5.74, 6) is 0.533. The average molecular weight is 308 g/mol. The standard InChI is InChI=1S/C18H32N2O2/c1-20-16-15-19-17(20)13-11-9-7-5-3-2-4-6-8-10-12-14-18(21)22/h15-16H,2-14H2,1H3,(H,21,22). The maximum absolute atomic E-state index is 10.4. The topological polar surface area (TPSA) is 55.1 Å². The van der Waals surface area contributed by atoms with E-state index in [1.54, 1.807) is 0 Å². The number of aryl methyl sites for hydroxylation is 2. The third kappa shape index (κ3) is 9.59. The van der Waals surface area contributed by atoms with Crippen molar-refractivity contribution in [2.75, 3.05) is 0 Å². The highest BCUT2D eigenvalue weighted by atomic mass is 16.4. The minimum Gasteiger partial charge on any atom is -0.481 e. The molecule has 0 spiro atoms. The Morgan fingerprint density at radius 3 is 1.91 bits per heavy atom. The van der Waals surface area contributed by atoms with E-state index in [0.29, 0.717) is 6.42 Å². The first-order valence-electron chi connectivity index (χ1n) is 8.88. The Bertz CT molecular complexity index is 402. The Balaban J connectivity index is 1.77. The fourth-order valence-corrected chi connectivity index (χ4v) is 2.79. The molecule has 1 aromatic rings. The highest BCUT2D eigenvalue weighted by Crippen LogP contribution is 2.12. The summed E-state index contributed by atoms with van der Waals surface area (Å²) in [6.07, 6.45) is 18.9. The summed E-state index contributed by atoms with van der Waals surface area (Å²) < 4.78 is 2.11. The number of carboxylic acids is 1. The molecule has 1 rings (SSSR count). The van der Waals surface area contributed by atoms with Gasteiger partial charge in [-0.15, -0.1) is 0 Å².